The SMILES string of the molecule is CC(=O)N[C@@H](CC(C)C)C(=O)N[C@@H](CCCN=C(N)N)C(=O)N[C@@H](CCCN=C(N)N)C(=O)N[C@@H](C)C(=O)NC(CNC(=O)CSP(=O)(O)OP(=O)(O)OP(=O)(O)OC[C@H]1O[C@@H](n2cnc3c(N)ncnc32)[C@H](O)[C@@H]1O)C(=O)N[C@@H](CC(C)C)C(=O)NCC(=O)O. The molecule has 0 aliphatic carbocycles. The van der Waals surface area contributed by atoms with Gasteiger partial charge in [-0.3, -0.25) is 62.2 Å². The first-order chi connectivity index (χ1) is 42.3. The Morgan fingerprint density at radius 1 is 0.681 bits per heavy atom. The standard InChI is InChI=1S/C46H80N19O22P3S/c1-21(2)13-27(39(73)55-16-32(68)69)63-43(77)29(15-54-31(67)18-91-90(82,83)87-89(80,81)86-88(78,79)84-17-30-34(70)35(71)44(85-30)65-20-58-33-36(47)56-19-57-37(33)65)64-38(72)23(5)59-40(74)25(9-7-11-52-45(48)49)61-41(75)26(10-8-12-53-46(50)51)62-42(76)28(14-22(3)4)60-24(6)66/h19-23,25-30,34-35,44,70-71H,7-18H2,1-6H3,(H,54,67)(H,55,73)(H,59,74)(H,60,66)(H,61,75)(H,62,76)(H,63,77)(H,64,72)(H,68,69)(H,78,79)(H,80,81)(H,82,83)(H2,47,56,57)(H4,48,49,52)(H4,50,51,53)/t23-,25-,26-,27-,28-,29?,30+,34+,35+,44+/m0/s1. The van der Waals surface area contributed by atoms with Crippen LogP contribution in [0.3, 0.4) is 0 Å². The lowest BCUT2D eigenvalue weighted by Gasteiger charge is -2.27. The summed E-state index contributed by atoms with van der Waals surface area (Å²) in [5, 5.41) is 49.4. The second kappa shape index (κ2) is 36.1. The lowest BCUT2D eigenvalue weighted by Crippen LogP contribution is -2.60. The number of carboxylic acid groups (broad SMARTS) is 1. The largest absolute Gasteiger partial charge is 0.488 e. The number of aliphatic carboxylic acids is 1. The summed E-state index contributed by atoms with van der Waals surface area (Å²) in [5.41, 5.74) is 27.8. The van der Waals surface area contributed by atoms with Crippen molar-refractivity contribution in [2.45, 2.75) is 141 Å². The van der Waals surface area contributed by atoms with Crippen LogP contribution in [0.2, 0.25) is 0 Å². The molecule has 1 aliphatic heterocycles. The number of anilines is 1. The Kier molecular flexibility index (Phi) is 31.0. The van der Waals surface area contributed by atoms with E-state index < -0.39 is 162 Å². The summed E-state index contributed by atoms with van der Waals surface area (Å²) in [6.45, 7) is 0.691. The molecule has 1 aliphatic rings. The van der Waals surface area contributed by atoms with Gasteiger partial charge in [-0.05, 0) is 68.7 Å². The van der Waals surface area contributed by atoms with Gasteiger partial charge in [0.1, 0.15) is 73.0 Å². The van der Waals surface area contributed by atoms with Crippen LogP contribution < -0.4 is 71.2 Å². The van der Waals surface area contributed by atoms with E-state index in [0.29, 0.717) is 0 Å². The van der Waals surface area contributed by atoms with Gasteiger partial charge in [-0.2, -0.15) is 8.62 Å². The molecule has 4 unspecified atom stereocenters. The fourth-order valence-corrected chi connectivity index (χ4v) is 13.8. The van der Waals surface area contributed by atoms with Gasteiger partial charge in [0.25, 0.3) is 0 Å². The Bertz CT molecular complexity index is 3100. The number of rotatable bonds is 39. The Morgan fingerprint density at radius 2 is 1.20 bits per heavy atom. The van der Waals surface area contributed by atoms with Gasteiger partial charge >= 0.3 is 28.4 Å². The van der Waals surface area contributed by atoms with Crippen LogP contribution in [0.15, 0.2) is 22.6 Å². The first-order valence-corrected chi connectivity index (χ1v) is 33.8. The third-order valence-electron chi connectivity index (χ3n) is 12.4. The number of imidazole rings is 1. The maximum absolute atomic E-state index is 14.1. The van der Waals surface area contributed by atoms with Crippen molar-refractivity contribution in [1.29, 1.82) is 0 Å². The minimum absolute atomic E-state index is 0.0146. The van der Waals surface area contributed by atoms with Gasteiger partial charge in [0.05, 0.1) is 18.7 Å². The third kappa shape index (κ3) is 27.7. The average molecular weight is 1380 g/mol. The second-order valence-corrected chi connectivity index (χ2v) is 28.1. The molecule has 1 saturated heterocycles. The van der Waals surface area contributed by atoms with Crippen molar-refractivity contribution in [2.75, 3.05) is 44.3 Å². The number of nitrogens with zero attached hydrogens (tertiary/aromatic N) is 6. The van der Waals surface area contributed by atoms with Crippen molar-refractivity contribution in [3.05, 3.63) is 12.7 Å². The predicted molar refractivity (Wildman–Crippen MR) is 321 cm³/mol. The molecule has 45 heteroatoms. The van der Waals surface area contributed by atoms with E-state index in [2.05, 4.69) is 80.6 Å². The van der Waals surface area contributed by atoms with Crippen LogP contribution in [0.4, 0.5) is 5.82 Å². The highest BCUT2D eigenvalue weighted by Gasteiger charge is 2.47. The zero-order valence-electron chi connectivity index (χ0n) is 50.1. The van der Waals surface area contributed by atoms with Crippen LogP contribution in [0.5, 0.6) is 0 Å². The van der Waals surface area contributed by atoms with E-state index in [9.17, 15) is 81.7 Å². The number of aliphatic imine (C=N–C) groups is 2. The van der Waals surface area contributed by atoms with Crippen LogP contribution in [-0.2, 0) is 74.7 Å². The molecule has 0 spiro atoms. The molecule has 91 heavy (non-hydrogen) atoms. The molecule has 2 aromatic rings. The fourth-order valence-electron chi connectivity index (χ4n) is 8.23. The van der Waals surface area contributed by atoms with E-state index in [0.717, 1.165) is 24.1 Å². The van der Waals surface area contributed by atoms with Gasteiger partial charge in [0, 0.05) is 26.6 Å². The Hall–Kier alpha value is -7.20. The minimum Gasteiger partial charge on any atom is -0.480 e. The molecule has 41 nitrogen and oxygen atoms in total. The van der Waals surface area contributed by atoms with Gasteiger partial charge in [0.15, 0.2) is 29.6 Å². The van der Waals surface area contributed by atoms with E-state index in [4.69, 9.17) is 38.5 Å². The fraction of sp³-hybridized carbons (Fsp3) is 0.652. The molecule has 2 aromatic heterocycles. The van der Waals surface area contributed by atoms with Crippen molar-refractivity contribution in [1.82, 2.24) is 62.1 Å². The van der Waals surface area contributed by atoms with E-state index in [1.54, 1.807) is 27.7 Å². The van der Waals surface area contributed by atoms with E-state index >= 15 is 0 Å². The number of amides is 8. The molecular weight excluding hydrogens is 1300 g/mol. The zero-order valence-corrected chi connectivity index (χ0v) is 53.6. The highest BCUT2D eigenvalue weighted by molar-refractivity contribution is 8.55. The van der Waals surface area contributed by atoms with Crippen LogP contribution in [0.25, 0.3) is 11.2 Å². The van der Waals surface area contributed by atoms with Crippen molar-refractivity contribution in [2.24, 2.45) is 44.8 Å². The van der Waals surface area contributed by atoms with Gasteiger partial charge in [-0.1, -0.05) is 27.7 Å². The molecule has 3 rings (SSSR count). The van der Waals surface area contributed by atoms with Crippen LogP contribution in [0, 0.1) is 11.8 Å². The lowest BCUT2D eigenvalue weighted by atomic mass is 10.0. The number of ether oxygens (including phenoxy) is 1. The number of fused-ring (bicyclic) bond motifs is 1. The third-order valence-corrected chi connectivity index (χ3v) is 18.8. The molecular formula is C46H80N19O22P3S. The number of aliphatic hydroxyl groups excluding tert-OH is 2. The quantitative estimate of drug-likeness (QED) is 0.0129. The molecule has 24 N–H and O–H groups in total. The maximum atomic E-state index is 14.1. The van der Waals surface area contributed by atoms with Crippen molar-refractivity contribution in [3.8, 4) is 0 Å². The van der Waals surface area contributed by atoms with Gasteiger partial charge in [-0.25, -0.2) is 28.6 Å². The summed E-state index contributed by atoms with van der Waals surface area (Å²) in [7, 11) is -11.9. The number of carbonyl (C=O) groups excluding carboxylic acids is 8. The zero-order chi connectivity index (χ0) is 68.7. The number of phosphoric acid groups is 2. The number of hydrogen-bond donors (Lipinski definition) is 19. The monoisotopic (exact) mass is 1380 g/mol. The molecule has 13 atom stereocenters. The smallest absolute Gasteiger partial charge is 0.480 e. The predicted octanol–water partition coefficient (Wildman–Crippen LogP) is -5.42. The number of phosphoric ester groups is 1. The summed E-state index contributed by atoms with van der Waals surface area (Å²) in [6, 6.07) is -8.94. The van der Waals surface area contributed by atoms with Gasteiger partial charge in [0.2, 0.25) is 47.3 Å². The molecule has 0 radical (unpaired) electrons. The van der Waals surface area contributed by atoms with E-state index in [1.165, 1.54) is 6.92 Å². The van der Waals surface area contributed by atoms with Crippen LogP contribution >= 0.6 is 33.8 Å². The number of nitrogens with two attached hydrogens (primary N) is 5. The summed E-state index contributed by atoms with van der Waals surface area (Å²) < 4.78 is 58.2. The summed E-state index contributed by atoms with van der Waals surface area (Å²) in [5.74, 6) is -11.4. The normalized spacial score (nSPS) is 19.5. The summed E-state index contributed by atoms with van der Waals surface area (Å²) in [6.07, 6.45) is -4.52. The Labute approximate surface area is 523 Å². The number of carboxylic acids is 1. The molecule has 3 heterocycles. The first-order valence-electron chi connectivity index (χ1n) is 27.6. The molecule has 0 aromatic carbocycles. The molecule has 0 bridgehead atoms. The minimum atomic E-state index is -6.11. The summed E-state index contributed by atoms with van der Waals surface area (Å²) in [4.78, 5) is 170. The van der Waals surface area contributed by atoms with E-state index in [1.807, 2.05) is 0 Å². The number of nitrogens with one attached hydrogen (secondary N) is 8. The van der Waals surface area contributed by atoms with E-state index in [-0.39, 0.29) is 104 Å². The molecule has 512 valence electrons. The molecule has 1 fully saturated rings. The van der Waals surface area contributed by atoms with Crippen molar-refractivity contribution >= 4 is 116 Å². The molecule has 8 amide bonds. The Balaban J connectivity index is 1.80. The van der Waals surface area contributed by atoms with Crippen molar-refractivity contribution < 1.29 is 105 Å². The second-order valence-electron chi connectivity index (χ2n) is 21.1. The number of carbonyl (C=O) groups is 9. The molecule has 0 saturated carbocycles. The highest BCUT2D eigenvalue weighted by atomic mass is 32.7. The topological polar surface area (TPSA) is 658 Å². The number of hydrogen-bond acceptors (Lipinski definition) is 25. The van der Waals surface area contributed by atoms with Crippen LogP contribution in [0.1, 0.15) is 86.3 Å². The lowest BCUT2D eigenvalue weighted by molar-refractivity contribution is -0.138. The maximum Gasteiger partial charge on any atom is 0.488 e. The number of guanidine groups is 2. The number of nitrogen functional groups attached to an aromatic ring is 1. The summed E-state index contributed by atoms with van der Waals surface area (Å²) >= 11 is -0.369. The average Bonchev–Trinajstić information content (AvgIpc) is 1.66. The first kappa shape index (κ1) is 78.0. The Morgan fingerprint density at radius 3 is 1.74 bits per heavy atom. The van der Waals surface area contributed by atoms with Crippen molar-refractivity contribution in [3.63, 3.8) is 0 Å². The number of aliphatic hydroxyl groups is 2. The highest BCUT2D eigenvalue weighted by Crippen LogP contribution is 2.71. The van der Waals surface area contributed by atoms with Crippen LogP contribution in [-0.4, -0.2) is 208 Å². The van der Waals surface area contributed by atoms with Gasteiger partial charge in [-0.15, -0.1) is 0 Å². The van der Waals surface area contributed by atoms with Gasteiger partial charge < -0.3 is 106 Å². The number of aromatic nitrogens is 4.